The number of nitriles is 1. The van der Waals surface area contributed by atoms with Gasteiger partial charge in [0.2, 0.25) is 0 Å². The van der Waals surface area contributed by atoms with Crippen molar-refractivity contribution in [1.82, 2.24) is 4.90 Å². The molecule has 0 spiro atoms. The van der Waals surface area contributed by atoms with Crippen LogP contribution >= 0.6 is 0 Å². The van der Waals surface area contributed by atoms with E-state index in [1.807, 2.05) is 0 Å². The summed E-state index contributed by atoms with van der Waals surface area (Å²) in [6, 6.07) is 2.14. The van der Waals surface area contributed by atoms with Gasteiger partial charge in [0, 0.05) is 12.3 Å². The molecule has 0 amide bonds. The van der Waals surface area contributed by atoms with Gasteiger partial charge >= 0.3 is 0 Å². The lowest BCUT2D eigenvalue weighted by Crippen LogP contribution is -2.34. The van der Waals surface area contributed by atoms with E-state index in [-0.39, 0.29) is 5.92 Å². The van der Waals surface area contributed by atoms with E-state index in [4.69, 9.17) is 5.26 Å². The lowest BCUT2D eigenvalue weighted by molar-refractivity contribution is -0.112. The summed E-state index contributed by atoms with van der Waals surface area (Å²) in [6.45, 7) is 3.06. The number of unbranched alkanes of at least 4 members (excludes halogenated alkanes) is 1. The first-order chi connectivity index (χ1) is 6.36. The zero-order chi connectivity index (χ0) is 9.52. The highest BCUT2D eigenvalue weighted by Gasteiger charge is 2.17. The Morgan fingerprint density at radius 1 is 1.46 bits per heavy atom. The molecular formula is C10H16N2O. The topological polar surface area (TPSA) is 44.1 Å². The summed E-state index contributed by atoms with van der Waals surface area (Å²) in [4.78, 5) is 12.8. The molecule has 0 bridgehead atoms. The van der Waals surface area contributed by atoms with Crippen molar-refractivity contribution in [2.24, 2.45) is 5.92 Å². The lowest BCUT2D eigenvalue weighted by atomic mass is 9.98. The second-order valence-electron chi connectivity index (χ2n) is 3.58. The van der Waals surface area contributed by atoms with Crippen LogP contribution < -0.4 is 0 Å². The van der Waals surface area contributed by atoms with Crippen molar-refractivity contribution >= 4 is 6.29 Å². The number of likely N-dealkylation sites (tertiary alicyclic amines) is 1. The quantitative estimate of drug-likeness (QED) is 0.482. The van der Waals surface area contributed by atoms with E-state index in [2.05, 4.69) is 11.0 Å². The number of piperidine rings is 1. The van der Waals surface area contributed by atoms with Gasteiger partial charge < -0.3 is 9.69 Å². The number of hydrogen-bond acceptors (Lipinski definition) is 3. The van der Waals surface area contributed by atoms with Gasteiger partial charge in [0.15, 0.2) is 0 Å². The van der Waals surface area contributed by atoms with Gasteiger partial charge in [0.05, 0.1) is 6.07 Å². The minimum absolute atomic E-state index is 0.284. The minimum atomic E-state index is 0.284. The number of nitrogens with zero attached hydrogens (tertiary/aromatic N) is 2. The van der Waals surface area contributed by atoms with Gasteiger partial charge in [-0.05, 0) is 38.9 Å². The Morgan fingerprint density at radius 3 is 2.69 bits per heavy atom. The maximum atomic E-state index is 10.5. The molecule has 1 aliphatic heterocycles. The number of rotatable bonds is 4. The average Bonchev–Trinajstić information content (AvgIpc) is 2.19. The summed E-state index contributed by atoms with van der Waals surface area (Å²) in [7, 11) is 0. The van der Waals surface area contributed by atoms with Crippen molar-refractivity contribution in [2.45, 2.75) is 25.7 Å². The molecule has 0 saturated carbocycles. The van der Waals surface area contributed by atoms with Gasteiger partial charge in [-0.3, -0.25) is 0 Å². The largest absolute Gasteiger partial charge is 0.303 e. The second-order valence-corrected chi connectivity index (χ2v) is 3.58. The molecule has 0 N–H and O–H groups in total. The molecule has 3 heteroatoms. The summed E-state index contributed by atoms with van der Waals surface area (Å²) in [6.07, 6.45) is 4.68. The van der Waals surface area contributed by atoms with Crippen molar-refractivity contribution in [2.75, 3.05) is 19.6 Å². The van der Waals surface area contributed by atoms with E-state index >= 15 is 0 Å². The molecule has 0 radical (unpaired) electrons. The number of carbonyl (C=O) groups is 1. The minimum Gasteiger partial charge on any atom is -0.303 e. The van der Waals surface area contributed by atoms with E-state index in [1.165, 1.54) is 0 Å². The van der Waals surface area contributed by atoms with Gasteiger partial charge in [-0.15, -0.1) is 0 Å². The monoisotopic (exact) mass is 180 g/mol. The predicted molar refractivity (Wildman–Crippen MR) is 50.1 cm³/mol. The van der Waals surface area contributed by atoms with E-state index in [0.717, 1.165) is 45.2 Å². The number of carbonyl (C=O) groups excluding carboxylic acids is 1. The molecule has 13 heavy (non-hydrogen) atoms. The van der Waals surface area contributed by atoms with Crippen LogP contribution in [-0.4, -0.2) is 30.8 Å². The normalized spacial score (nSPS) is 19.6. The standard InChI is InChI=1S/C10H16N2O/c11-5-1-2-6-12-7-3-10(9-13)4-8-12/h9-10H,1-4,6-8H2. The molecule has 0 aromatic heterocycles. The van der Waals surface area contributed by atoms with Crippen LogP contribution in [-0.2, 0) is 4.79 Å². The van der Waals surface area contributed by atoms with Crippen molar-refractivity contribution in [1.29, 1.82) is 5.26 Å². The second kappa shape index (κ2) is 5.71. The van der Waals surface area contributed by atoms with Crippen LogP contribution in [0.4, 0.5) is 0 Å². The zero-order valence-electron chi connectivity index (χ0n) is 7.91. The summed E-state index contributed by atoms with van der Waals surface area (Å²) in [5, 5.41) is 8.36. The smallest absolute Gasteiger partial charge is 0.123 e. The van der Waals surface area contributed by atoms with Crippen LogP contribution in [0.25, 0.3) is 0 Å². The maximum Gasteiger partial charge on any atom is 0.123 e. The Morgan fingerprint density at radius 2 is 2.15 bits per heavy atom. The Bertz CT molecular complexity index is 190. The van der Waals surface area contributed by atoms with Gasteiger partial charge in [-0.1, -0.05) is 0 Å². The third-order valence-corrected chi connectivity index (χ3v) is 2.59. The highest BCUT2D eigenvalue weighted by Crippen LogP contribution is 2.14. The SMILES string of the molecule is N#CCCCN1CCC(C=O)CC1. The third-order valence-electron chi connectivity index (χ3n) is 2.59. The Hall–Kier alpha value is -0.880. The summed E-state index contributed by atoms with van der Waals surface area (Å²) in [5.74, 6) is 0.284. The summed E-state index contributed by atoms with van der Waals surface area (Å²) >= 11 is 0. The van der Waals surface area contributed by atoms with Crippen LogP contribution in [0, 0.1) is 17.2 Å². The highest BCUT2D eigenvalue weighted by atomic mass is 16.1. The molecule has 0 atom stereocenters. The van der Waals surface area contributed by atoms with E-state index in [0.29, 0.717) is 6.42 Å². The maximum absolute atomic E-state index is 10.5. The molecular weight excluding hydrogens is 164 g/mol. The lowest BCUT2D eigenvalue weighted by Gasteiger charge is -2.29. The molecule has 1 rings (SSSR count). The van der Waals surface area contributed by atoms with Crippen LogP contribution in [0.15, 0.2) is 0 Å². The van der Waals surface area contributed by atoms with Crippen LogP contribution in [0.3, 0.4) is 0 Å². The van der Waals surface area contributed by atoms with Gasteiger partial charge in [-0.2, -0.15) is 5.26 Å². The first-order valence-corrected chi connectivity index (χ1v) is 4.91. The summed E-state index contributed by atoms with van der Waals surface area (Å²) in [5.41, 5.74) is 0. The van der Waals surface area contributed by atoms with Crippen molar-refractivity contribution in [3.8, 4) is 6.07 Å². The van der Waals surface area contributed by atoms with Gasteiger partial charge in [0.1, 0.15) is 6.29 Å². The molecule has 72 valence electrons. The Labute approximate surface area is 79.3 Å². The van der Waals surface area contributed by atoms with Crippen molar-refractivity contribution in [3.63, 3.8) is 0 Å². The molecule has 1 fully saturated rings. The molecule has 0 aromatic rings. The highest BCUT2D eigenvalue weighted by molar-refractivity contribution is 5.53. The van der Waals surface area contributed by atoms with Crippen molar-refractivity contribution < 1.29 is 4.79 Å². The third kappa shape index (κ3) is 3.56. The molecule has 0 aromatic carbocycles. The van der Waals surface area contributed by atoms with E-state index in [9.17, 15) is 4.79 Å². The van der Waals surface area contributed by atoms with Crippen LogP contribution in [0.5, 0.6) is 0 Å². The van der Waals surface area contributed by atoms with Crippen LogP contribution in [0.1, 0.15) is 25.7 Å². The fourth-order valence-electron chi connectivity index (χ4n) is 1.69. The number of aldehydes is 1. The Kier molecular flexibility index (Phi) is 4.48. The Balaban J connectivity index is 2.11. The summed E-state index contributed by atoms with van der Waals surface area (Å²) < 4.78 is 0. The molecule has 1 aliphatic rings. The fourth-order valence-corrected chi connectivity index (χ4v) is 1.69. The predicted octanol–water partition coefficient (Wildman–Crippen LogP) is 1.20. The molecule has 1 heterocycles. The van der Waals surface area contributed by atoms with Crippen molar-refractivity contribution in [3.05, 3.63) is 0 Å². The molecule has 3 nitrogen and oxygen atoms in total. The first kappa shape index (κ1) is 10.2. The van der Waals surface area contributed by atoms with E-state index < -0.39 is 0 Å². The first-order valence-electron chi connectivity index (χ1n) is 4.91. The van der Waals surface area contributed by atoms with Gasteiger partial charge in [0.25, 0.3) is 0 Å². The van der Waals surface area contributed by atoms with Gasteiger partial charge in [-0.25, -0.2) is 0 Å². The van der Waals surface area contributed by atoms with E-state index in [1.54, 1.807) is 0 Å². The zero-order valence-corrected chi connectivity index (χ0v) is 7.91. The molecule has 0 unspecified atom stereocenters. The molecule has 1 saturated heterocycles. The average molecular weight is 180 g/mol. The van der Waals surface area contributed by atoms with Crippen LogP contribution in [0.2, 0.25) is 0 Å². The molecule has 0 aliphatic carbocycles. The number of hydrogen-bond donors (Lipinski definition) is 0. The fraction of sp³-hybridized carbons (Fsp3) is 0.800.